The maximum atomic E-state index is 12.4. The van der Waals surface area contributed by atoms with Gasteiger partial charge in [-0.3, -0.25) is 4.79 Å². The number of sulfonamides is 1. The van der Waals surface area contributed by atoms with Gasteiger partial charge in [0.25, 0.3) is 0 Å². The Morgan fingerprint density at radius 3 is 2.43 bits per heavy atom. The van der Waals surface area contributed by atoms with Gasteiger partial charge in [0, 0.05) is 19.7 Å². The van der Waals surface area contributed by atoms with Crippen molar-refractivity contribution in [3.8, 4) is 0 Å². The Labute approximate surface area is 123 Å². The van der Waals surface area contributed by atoms with Crippen LogP contribution in [0.25, 0.3) is 0 Å². The van der Waals surface area contributed by atoms with Crippen LogP contribution in [0.5, 0.6) is 0 Å². The molecule has 0 fully saturated rings. The van der Waals surface area contributed by atoms with Crippen LogP contribution in [0.4, 0.5) is 5.69 Å². The highest BCUT2D eigenvalue weighted by Crippen LogP contribution is 2.19. The van der Waals surface area contributed by atoms with Gasteiger partial charge in [0.2, 0.25) is 15.9 Å². The molecule has 1 aromatic carbocycles. The third-order valence-corrected chi connectivity index (χ3v) is 4.66. The van der Waals surface area contributed by atoms with E-state index in [4.69, 9.17) is 4.42 Å². The summed E-state index contributed by atoms with van der Waals surface area (Å²) in [4.78, 5) is 11.1. The van der Waals surface area contributed by atoms with Crippen molar-refractivity contribution in [3.63, 3.8) is 0 Å². The van der Waals surface area contributed by atoms with Gasteiger partial charge in [-0.2, -0.15) is 4.31 Å². The predicted octanol–water partition coefficient (Wildman–Crippen LogP) is 2.06. The van der Waals surface area contributed by atoms with E-state index in [-0.39, 0.29) is 17.3 Å². The van der Waals surface area contributed by atoms with Crippen LogP contribution in [0.15, 0.2) is 52.0 Å². The van der Waals surface area contributed by atoms with Crippen LogP contribution in [-0.4, -0.2) is 25.7 Å². The van der Waals surface area contributed by atoms with Crippen molar-refractivity contribution in [2.75, 3.05) is 12.4 Å². The van der Waals surface area contributed by atoms with E-state index in [0.29, 0.717) is 11.4 Å². The number of hydrogen-bond acceptors (Lipinski definition) is 4. The summed E-state index contributed by atoms with van der Waals surface area (Å²) >= 11 is 0. The van der Waals surface area contributed by atoms with Crippen LogP contribution in [0, 0.1) is 0 Å². The molecule has 0 atom stereocenters. The minimum Gasteiger partial charge on any atom is -0.468 e. The molecule has 1 amide bonds. The van der Waals surface area contributed by atoms with Crippen LogP contribution < -0.4 is 5.32 Å². The molecule has 6 nitrogen and oxygen atoms in total. The zero-order chi connectivity index (χ0) is 15.5. The lowest BCUT2D eigenvalue weighted by atomic mass is 10.3. The molecule has 0 unspecified atom stereocenters. The van der Waals surface area contributed by atoms with Gasteiger partial charge >= 0.3 is 0 Å². The van der Waals surface area contributed by atoms with E-state index in [2.05, 4.69) is 5.32 Å². The number of amides is 1. The van der Waals surface area contributed by atoms with Gasteiger partial charge in [-0.1, -0.05) is 0 Å². The standard InChI is InChI=1S/C14H16N2O4S/c1-11(17)15-12-5-7-14(8-6-12)21(18,19)16(2)10-13-4-3-9-20-13/h3-9H,10H2,1-2H3,(H,15,17). The first-order chi connectivity index (χ1) is 9.89. The van der Waals surface area contributed by atoms with Gasteiger partial charge in [-0.25, -0.2) is 8.42 Å². The van der Waals surface area contributed by atoms with Crippen molar-refractivity contribution >= 4 is 21.6 Å². The largest absolute Gasteiger partial charge is 0.468 e. The molecule has 0 aliphatic heterocycles. The lowest BCUT2D eigenvalue weighted by Crippen LogP contribution is -2.26. The molecule has 2 rings (SSSR count). The van der Waals surface area contributed by atoms with Crippen molar-refractivity contribution in [1.82, 2.24) is 4.31 Å². The summed E-state index contributed by atoms with van der Waals surface area (Å²) in [5.41, 5.74) is 0.551. The highest BCUT2D eigenvalue weighted by molar-refractivity contribution is 7.89. The van der Waals surface area contributed by atoms with Gasteiger partial charge < -0.3 is 9.73 Å². The van der Waals surface area contributed by atoms with Crippen molar-refractivity contribution in [2.24, 2.45) is 0 Å². The molecule has 2 aromatic rings. The quantitative estimate of drug-likeness (QED) is 0.917. The van der Waals surface area contributed by atoms with Crippen LogP contribution >= 0.6 is 0 Å². The van der Waals surface area contributed by atoms with Crippen LogP contribution in [0.1, 0.15) is 12.7 Å². The maximum absolute atomic E-state index is 12.4. The Morgan fingerprint density at radius 1 is 1.24 bits per heavy atom. The summed E-state index contributed by atoms with van der Waals surface area (Å²) in [7, 11) is -2.11. The lowest BCUT2D eigenvalue weighted by Gasteiger charge is -2.16. The minimum atomic E-state index is -3.60. The Hall–Kier alpha value is -2.12. The fourth-order valence-corrected chi connectivity index (χ4v) is 2.94. The maximum Gasteiger partial charge on any atom is 0.243 e. The van der Waals surface area contributed by atoms with Gasteiger partial charge in [-0.15, -0.1) is 0 Å². The predicted molar refractivity (Wildman–Crippen MR) is 78.1 cm³/mol. The molecule has 7 heteroatoms. The Kier molecular flexibility index (Phi) is 4.44. The second-order valence-electron chi connectivity index (χ2n) is 4.55. The third kappa shape index (κ3) is 3.71. The van der Waals surface area contributed by atoms with Crippen molar-refractivity contribution < 1.29 is 17.6 Å². The van der Waals surface area contributed by atoms with E-state index in [1.54, 1.807) is 24.3 Å². The summed E-state index contributed by atoms with van der Waals surface area (Å²) < 4.78 is 31.1. The monoisotopic (exact) mass is 308 g/mol. The Balaban J connectivity index is 2.16. The van der Waals surface area contributed by atoms with E-state index < -0.39 is 10.0 Å². The van der Waals surface area contributed by atoms with Crippen LogP contribution in [-0.2, 0) is 21.4 Å². The van der Waals surface area contributed by atoms with E-state index in [1.165, 1.54) is 36.7 Å². The zero-order valence-corrected chi connectivity index (χ0v) is 12.6. The van der Waals surface area contributed by atoms with E-state index in [0.717, 1.165) is 0 Å². The van der Waals surface area contributed by atoms with Gasteiger partial charge in [-0.05, 0) is 36.4 Å². The first kappa shape index (κ1) is 15.3. The van der Waals surface area contributed by atoms with Gasteiger partial charge in [0.15, 0.2) is 0 Å². The highest BCUT2D eigenvalue weighted by atomic mass is 32.2. The summed E-state index contributed by atoms with van der Waals surface area (Å²) in [6.45, 7) is 1.55. The molecular formula is C14H16N2O4S. The smallest absolute Gasteiger partial charge is 0.243 e. The number of carbonyl (C=O) groups excluding carboxylic acids is 1. The number of furan rings is 1. The number of anilines is 1. The molecule has 0 bridgehead atoms. The molecule has 0 aliphatic carbocycles. The molecular weight excluding hydrogens is 292 g/mol. The first-order valence-corrected chi connectivity index (χ1v) is 7.70. The zero-order valence-electron chi connectivity index (χ0n) is 11.7. The molecule has 1 heterocycles. The second-order valence-corrected chi connectivity index (χ2v) is 6.59. The number of nitrogens with zero attached hydrogens (tertiary/aromatic N) is 1. The van der Waals surface area contributed by atoms with Crippen LogP contribution in [0.2, 0.25) is 0 Å². The SMILES string of the molecule is CC(=O)Nc1ccc(S(=O)(=O)N(C)Cc2ccco2)cc1. The fraction of sp³-hybridized carbons (Fsp3) is 0.214. The first-order valence-electron chi connectivity index (χ1n) is 6.26. The van der Waals surface area contributed by atoms with Gasteiger partial charge in [0.1, 0.15) is 5.76 Å². The number of benzene rings is 1. The molecule has 21 heavy (non-hydrogen) atoms. The fourth-order valence-electron chi connectivity index (χ4n) is 1.80. The molecule has 1 N–H and O–H groups in total. The Bertz CT molecular complexity index is 706. The third-order valence-electron chi connectivity index (χ3n) is 2.84. The topological polar surface area (TPSA) is 79.6 Å². The summed E-state index contributed by atoms with van der Waals surface area (Å²) in [6, 6.07) is 9.44. The van der Waals surface area contributed by atoms with Crippen molar-refractivity contribution in [2.45, 2.75) is 18.4 Å². The average molecular weight is 308 g/mol. The van der Waals surface area contributed by atoms with E-state index in [1.807, 2.05) is 0 Å². The van der Waals surface area contributed by atoms with E-state index >= 15 is 0 Å². The summed E-state index contributed by atoms with van der Waals surface area (Å²) in [5.74, 6) is 0.358. The van der Waals surface area contributed by atoms with E-state index in [9.17, 15) is 13.2 Å². The number of hydrogen-bond donors (Lipinski definition) is 1. The molecule has 0 spiro atoms. The molecule has 112 valence electrons. The molecule has 0 saturated carbocycles. The second kappa shape index (κ2) is 6.11. The Morgan fingerprint density at radius 2 is 1.90 bits per heavy atom. The molecule has 0 saturated heterocycles. The minimum absolute atomic E-state index is 0.156. The summed E-state index contributed by atoms with van der Waals surface area (Å²) in [5, 5.41) is 2.59. The molecule has 0 aliphatic rings. The number of nitrogens with one attached hydrogen (secondary N) is 1. The van der Waals surface area contributed by atoms with Gasteiger partial charge in [0.05, 0.1) is 17.7 Å². The molecule has 0 radical (unpaired) electrons. The average Bonchev–Trinajstić information content (AvgIpc) is 2.91. The normalized spacial score (nSPS) is 11.6. The highest BCUT2D eigenvalue weighted by Gasteiger charge is 2.21. The molecule has 1 aromatic heterocycles. The number of rotatable bonds is 5. The lowest BCUT2D eigenvalue weighted by molar-refractivity contribution is -0.114. The summed E-state index contributed by atoms with van der Waals surface area (Å²) in [6.07, 6.45) is 1.50. The van der Waals surface area contributed by atoms with Crippen molar-refractivity contribution in [1.29, 1.82) is 0 Å². The van der Waals surface area contributed by atoms with Crippen LogP contribution in [0.3, 0.4) is 0 Å². The van der Waals surface area contributed by atoms with Crippen molar-refractivity contribution in [3.05, 3.63) is 48.4 Å². The number of carbonyl (C=O) groups is 1.